The van der Waals surface area contributed by atoms with E-state index in [1.54, 1.807) is 30.3 Å². The molecular weight excluding hydrogens is 290 g/mol. The number of aromatic carboxylic acids is 1. The Balaban J connectivity index is 2.64. The minimum atomic E-state index is -0.938. The SMILES string of the molecule is C/C=C(\C=C/CN(C)C)C/C=N\N(C)c1cccc(C(=O)O)c1. The van der Waals surface area contributed by atoms with Crippen LogP contribution in [-0.2, 0) is 0 Å². The molecule has 1 rings (SSSR count). The molecule has 0 saturated heterocycles. The summed E-state index contributed by atoms with van der Waals surface area (Å²) in [6.07, 6.45) is 8.82. The van der Waals surface area contributed by atoms with Crippen molar-refractivity contribution in [1.29, 1.82) is 0 Å². The number of benzene rings is 1. The van der Waals surface area contributed by atoms with Crippen molar-refractivity contribution in [3.8, 4) is 0 Å². The zero-order valence-corrected chi connectivity index (χ0v) is 14.2. The van der Waals surface area contributed by atoms with E-state index in [2.05, 4.69) is 28.2 Å². The number of carbonyl (C=O) groups is 1. The topological polar surface area (TPSA) is 56.1 Å². The average Bonchev–Trinajstić information content (AvgIpc) is 2.53. The number of nitrogens with zero attached hydrogens (tertiary/aromatic N) is 3. The van der Waals surface area contributed by atoms with Crippen LogP contribution in [0.1, 0.15) is 23.7 Å². The molecule has 1 N–H and O–H groups in total. The van der Waals surface area contributed by atoms with E-state index in [-0.39, 0.29) is 5.56 Å². The van der Waals surface area contributed by atoms with E-state index >= 15 is 0 Å². The van der Waals surface area contributed by atoms with Crippen LogP contribution in [0.15, 0.2) is 53.2 Å². The largest absolute Gasteiger partial charge is 0.478 e. The van der Waals surface area contributed by atoms with Crippen molar-refractivity contribution in [3.63, 3.8) is 0 Å². The molecule has 0 unspecified atom stereocenters. The Morgan fingerprint density at radius 3 is 2.65 bits per heavy atom. The number of hydrogen-bond donors (Lipinski definition) is 1. The van der Waals surface area contributed by atoms with Crippen LogP contribution in [0.25, 0.3) is 0 Å². The van der Waals surface area contributed by atoms with Crippen molar-refractivity contribution in [2.24, 2.45) is 5.10 Å². The van der Waals surface area contributed by atoms with Crippen LogP contribution in [0.4, 0.5) is 5.69 Å². The predicted octanol–water partition coefficient (Wildman–Crippen LogP) is 3.26. The molecule has 0 amide bonds. The molecule has 0 aliphatic rings. The zero-order valence-electron chi connectivity index (χ0n) is 14.2. The van der Waals surface area contributed by atoms with Crippen molar-refractivity contribution in [3.05, 3.63) is 53.6 Å². The van der Waals surface area contributed by atoms with Gasteiger partial charge in [-0.1, -0.05) is 24.3 Å². The maximum absolute atomic E-state index is 11.0. The van der Waals surface area contributed by atoms with Gasteiger partial charge < -0.3 is 10.0 Å². The van der Waals surface area contributed by atoms with Gasteiger partial charge in [0.15, 0.2) is 0 Å². The van der Waals surface area contributed by atoms with E-state index in [9.17, 15) is 4.79 Å². The Bertz CT molecular complexity index is 604. The summed E-state index contributed by atoms with van der Waals surface area (Å²) in [5.74, 6) is -0.938. The van der Waals surface area contributed by atoms with Gasteiger partial charge in [0.1, 0.15) is 0 Å². The molecule has 0 aliphatic heterocycles. The first-order chi connectivity index (χ1) is 10.9. The fraction of sp³-hybridized carbons (Fsp3) is 0.333. The minimum Gasteiger partial charge on any atom is -0.478 e. The Labute approximate surface area is 138 Å². The third-order valence-electron chi connectivity index (χ3n) is 3.22. The number of carboxylic acids is 1. The molecule has 23 heavy (non-hydrogen) atoms. The summed E-state index contributed by atoms with van der Waals surface area (Å²) in [7, 11) is 5.86. The molecule has 5 heteroatoms. The third-order valence-corrected chi connectivity index (χ3v) is 3.22. The number of rotatable bonds is 8. The summed E-state index contributed by atoms with van der Waals surface area (Å²) in [6, 6.07) is 6.72. The van der Waals surface area contributed by atoms with Crippen LogP contribution < -0.4 is 5.01 Å². The van der Waals surface area contributed by atoms with Crippen molar-refractivity contribution in [1.82, 2.24) is 4.90 Å². The summed E-state index contributed by atoms with van der Waals surface area (Å²) in [5, 5.41) is 15.0. The Kier molecular flexibility index (Phi) is 7.77. The fourth-order valence-electron chi connectivity index (χ4n) is 1.87. The quantitative estimate of drug-likeness (QED) is 0.454. The first kappa shape index (κ1) is 18.6. The van der Waals surface area contributed by atoms with Crippen molar-refractivity contribution in [2.75, 3.05) is 32.7 Å². The molecule has 0 fully saturated rings. The second-order valence-electron chi connectivity index (χ2n) is 5.41. The lowest BCUT2D eigenvalue weighted by Crippen LogP contribution is -2.10. The molecule has 0 radical (unpaired) electrons. The third kappa shape index (κ3) is 6.93. The molecule has 124 valence electrons. The Hall–Kier alpha value is -2.40. The van der Waals surface area contributed by atoms with E-state index in [0.717, 1.165) is 18.7 Å². The first-order valence-electron chi connectivity index (χ1n) is 7.50. The van der Waals surface area contributed by atoms with Gasteiger partial charge >= 0.3 is 5.97 Å². The van der Waals surface area contributed by atoms with Gasteiger partial charge in [-0.3, -0.25) is 5.01 Å². The highest BCUT2D eigenvalue weighted by atomic mass is 16.4. The number of hydrogen-bond acceptors (Lipinski definition) is 4. The molecule has 0 aliphatic carbocycles. The van der Waals surface area contributed by atoms with Crippen molar-refractivity contribution >= 4 is 17.9 Å². The summed E-state index contributed by atoms with van der Waals surface area (Å²) in [5.41, 5.74) is 2.18. The van der Waals surface area contributed by atoms with Gasteiger partial charge in [-0.2, -0.15) is 5.10 Å². The molecular formula is C18H25N3O2. The van der Waals surface area contributed by atoms with Gasteiger partial charge in [-0.25, -0.2) is 4.79 Å². The Morgan fingerprint density at radius 1 is 1.30 bits per heavy atom. The number of likely N-dealkylation sites (N-methyl/N-ethyl adjacent to an activating group) is 1. The van der Waals surface area contributed by atoms with Crippen LogP contribution in [0.5, 0.6) is 0 Å². The van der Waals surface area contributed by atoms with Crippen LogP contribution >= 0.6 is 0 Å². The smallest absolute Gasteiger partial charge is 0.335 e. The number of anilines is 1. The van der Waals surface area contributed by atoms with Crippen LogP contribution in [0.2, 0.25) is 0 Å². The molecule has 5 nitrogen and oxygen atoms in total. The predicted molar refractivity (Wildman–Crippen MR) is 96.4 cm³/mol. The molecule has 0 saturated carbocycles. The number of carboxylic acid groups (broad SMARTS) is 1. The van der Waals surface area contributed by atoms with E-state index in [0.29, 0.717) is 0 Å². The van der Waals surface area contributed by atoms with Gasteiger partial charge in [0.25, 0.3) is 0 Å². The van der Waals surface area contributed by atoms with Gasteiger partial charge in [-0.15, -0.1) is 0 Å². The lowest BCUT2D eigenvalue weighted by atomic mass is 10.2. The molecule has 0 heterocycles. The van der Waals surface area contributed by atoms with Crippen LogP contribution in [0, 0.1) is 0 Å². The summed E-state index contributed by atoms with van der Waals surface area (Å²) < 4.78 is 0. The summed E-state index contributed by atoms with van der Waals surface area (Å²) >= 11 is 0. The maximum atomic E-state index is 11.0. The highest BCUT2D eigenvalue weighted by Crippen LogP contribution is 2.15. The highest BCUT2D eigenvalue weighted by molar-refractivity contribution is 5.88. The second-order valence-corrected chi connectivity index (χ2v) is 5.41. The first-order valence-corrected chi connectivity index (χ1v) is 7.50. The van der Waals surface area contributed by atoms with Crippen LogP contribution in [-0.4, -0.2) is 49.9 Å². The summed E-state index contributed by atoms with van der Waals surface area (Å²) in [4.78, 5) is 13.1. The van der Waals surface area contributed by atoms with E-state index < -0.39 is 5.97 Å². The van der Waals surface area contributed by atoms with E-state index in [1.807, 2.05) is 33.3 Å². The van der Waals surface area contributed by atoms with Gasteiger partial charge in [-0.05, 0) is 44.8 Å². The molecule has 0 atom stereocenters. The standard InChI is InChI=1S/C18H25N3O2/c1-5-15(8-7-13-20(2)3)11-12-19-21(4)17-10-6-9-16(14-17)18(22)23/h5-10,12,14H,11,13H2,1-4H3,(H,22,23)/b8-7-,15-5+,19-12-. The van der Waals surface area contributed by atoms with Crippen LogP contribution in [0.3, 0.4) is 0 Å². The molecule has 0 spiro atoms. The second kappa shape index (κ2) is 9.58. The average molecular weight is 315 g/mol. The molecule has 0 aromatic heterocycles. The fourth-order valence-corrected chi connectivity index (χ4v) is 1.87. The monoisotopic (exact) mass is 315 g/mol. The van der Waals surface area contributed by atoms with Crippen molar-refractivity contribution < 1.29 is 9.90 Å². The van der Waals surface area contributed by atoms with E-state index in [1.165, 1.54) is 5.57 Å². The number of allylic oxidation sites excluding steroid dienone is 3. The molecule has 0 bridgehead atoms. The lowest BCUT2D eigenvalue weighted by molar-refractivity contribution is 0.0697. The zero-order chi connectivity index (χ0) is 17.2. The molecule has 1 aromatic rings. The van der Waals surface area contributed by atoms with Gasteiger partial charge in [0, 0.05) is 26.2 Å². The van der Waals surface area contributed by atoms with E-state index in [4.69, 9.17) is 5.11 Å². The molecule has 1 aromatic carbocycles. The Morgan fingerprint density at radius 2 is 2.04 bits per heavy atom. The maximum Gasteiger partial charge on any atom is 0.335 e. The summed E-state index contributed by atoms with van der Waals surface area (Å²) in [6.45, 7) is 2.90. The van der Waals surface area contributed by atoms with Gasteiger partial charge in [0.05, 0.1) is 11.3 Å². The van der Waals surface area contributed by atoms with Gasteiger partial charge in [0.2, 0.25) is 0 Å². The van der Waals surface area contributed by atoms with Crippen molar-refractivity contribution in [2.45, 2.75) is 13.3 Å². The highest BCUT2D eigenvalue weighted by Gasteiger charge is 2.05. The lowest BCUT2D eigenvalue weighted by Gasteiger charge is -2.13. The normalized spacial score (nSPS) is 12.5. The number of hydrazone groups is 1. The minimum absolute atomic E-state index is 0.255.